The predicted octanol–water partition coefficient (Wildman–Crippen LogP) is 4.97. The molecule has 0 saturated heterocycles. The van der Waals surface area contributed by atoms with Crippen LogP contribution in [0.15, 0.2) is 65.4 Å². The van der Waals surface area contributed by atoms with Crippen LogP contribution in [0.25, 0.3) is 0 Å². The zero-order chi connectivity index (χ0) is 18.7. The molecule has 3 rings (SSSR count). The molecule has 0 aliphatic rings. The molecule has 0 bridgehead atoms. The topological polar surface area (TPSA) is 46.9 Å². The lowest BCUT2D eigenvalue weighted by molar-refractivity contribution is -0.137. The summed E-state index contributed by atoms with van der Waals surface area (Å²) in [6.45, 7) is 0.165. The summed E-state index contributed by atoms with van der Waals surface area (Å²) in [5, 5.41) is 6.78. The van der Waals surface area contributed by atoms with Crippen molar-refractivity contribution in [3.63, 3.8) is 0 Å². The molecule has 26 heavy (non-hydrogen) atoms. The number of halogens is 4. The van der Waals surface area contributed by atoms with E-state index in [-0.39, 0.29) is 12.5 Å². The molecule has 1 N–H and O–H groups in total. The van der Waals surface area contributed by atoms with Crippen molar-refractivity contribution in [2.75, 3.05) is 5.32 Å². The zero-order valence-electron chi connectivity index (χ0n) is 13.3. The Morgan fingerprint density at radius 1 is 1.15 bits per heavy atom. The molecule has 0 aliphatic carbocycles. The maximum atomic E-state index is 12.8. The van der Waals surface area contributed by atoms with Crippen LogP contribution in [-0.4, -0.2) is 15.7 Å². The Labute approximate surface area is 155 Å². The molecule has 0 atom stereocenters. The van der Waals surface area contributed by atoms with Gasteiger partial charge in [-0.05, 0) is 42.0 Å². The highest BCUT2D eigenvalue weighted by Crippen LogP contribution is 2.29. The lowest BCUT2D eigenvalue weighted by atomic mass is 10.1. The van der Waals surface area contributed by atoms with Crippen LogP contribution in [0.2, 0.25) is 0 Å². The minimum Gasteiger partial charge on any atom is -0.319 e. The van der Waals surface area contributed by atoms with Gasteiger partial charge in [-0.1, -0.05) is 28.1 Å². The maximum Gasteiger partial charge on any atom is 0.416 e. The largest absolute Gasteiger partial charge is 0.416 e. The van der Waals surface area contributed by atoms with Crippen molar-refractivity contribution in [1.82, 2.24) is 9.78 Å². The van der Waals surface area contributed by atoms with E-state index >= 15 is 0 Å². The van der Waals surface area contributed by atoms with Gasteiger partial charge in [-0.3, -0.25) is 9.48 Å². The first-order chi connectivity index (χ1) is 12.3. The summed E-state index contributed by atoms with van der Waals surface area (Å²) in [5.74, 6) is -0.295. The standard InChI is InChI=1S/C18H13BrF3N3O/c19-15-6-4-13(5-7-15)17(26)24-16-9-23-25(11-16)10-12-2-1-3-14(8-12)18(20,21)22/h1-9,11H,10H2,(H,24,26). The summed E-state index contributed by atoms with van der Waals surface area (Å²) in [6.07, 6.45) is -1.37. The third-order valence-corrected chi connectivity index (χ3v) is 4.13. The molecule has 1 aromatic heterocycles. The first-order valence-electron chi connectivity index (χ1n) is 7.57. The fourth-order valence-corrected chi connectivity index (χ4v) is 2.62. The number of amides is 1. The highest BCUT2D eigenvalue weighted by Gasteiger charge is 2.30. The molecule has 0 saturated carbocycles. The Hall–Kier alpha value is -2.61. The summed E-state index contributed by atoms with van der Waals surface area (Å²) < 4.78 is 40.6. The number of anilines is 1. The smallest absolute Gasteiger partial charge is 0.319 e. The van der Waals surface area contributed by atoms with Gasteiger partial charge in [0.05, 0.1) is 24.0 Å². The number of hydrogen-bond donors (Lipinski definition) is 1. The lowest BCUT2D eigenvalue weighted by Crippen LogP contribution is -2.11. The number of rotatable bonds is 4. The zero-order valence-corrected chi connectivity index (χ0v) is 14.9. The van der Waals surface area contributed by atoms with Gasteiger partial charge in [-0.25, -0.2) is 0 Å². The summed E-state index contributed by atoms with van der Waals surface area (Å²) in [6, 6.07) is 11.9. The average Bonchev–Trinajstić information content (AvgIpc) is 3.02. The van der Waals surface area contributed by atoms with Crippen molar-refractivity contribution in [2.24, 2.45) is 0 Å². The van der Waals surface area contributed by atoms with E-state index in [1.165, 1.54) is 16.9 Å². The van der Waals surface area contributed by atoms with Crippen LogP contribution in [0.1, 0.15) is 21.5 Å². The van der Waals surface area contributed by atoms with Gasteiger partial charge in [0.25, 0.3) is 5.91 Å². The second kappa shape index (κ2) is 7.33. The number of nitrogens with one attached hydrogen (secondary N) is 1. The van der Waals surface area contributed by atoms with E-state index < -0.39 is 11.7 Å². The normalized spacial score (nSPS) is 11.4. The van der Waals surface area contributed by atoms with E-state index in [1.54, 1.807) is 36.5 Å². The summed E-state index contributed by atoms with van der Waals surface area (Å²) in [5.41, 5.74) is 0.711. The van der Waals surface area contributed by atoms with Crippen molar-refractivity contribution >= 4 is 27.5 Å². The van der Waals surface area contributed by atoms with E-state index in [4.69, 9.17) is 0 Å². The van der Waals surface area contributed by atoms with Crippen LogP contribution < -0.4 is 5.32 Å². The van der Waals surface area contributed by atoms with Gasteiger partial charge < -0.3 is 5.32 Å². The van der Waals surface area contributed by atoms with E-state index in [0.717, 1.165) is 16.6 Å². The SMILES string of the molecule is O=C(Nc1cnn(Cc2cccc(C(F)(F)F)c2)c1)c1ccc(Br)cc1. The molecule has 134 valence electrons. The van der Waals surface area contributed by atoms with E-state index in [1.807, 2.05) is 0 Å². The second-order valence-corrected chi connectivity index (χ2v) is 6.50. The van der Waals surface area contributed by atoms with Crippen molar-refractivity contribution in [2.45, 2.75) is 12.7 Å². The molecule has 2 aromatic carbocycles. The first-order valence-corrected chi connectivity index (χ1v) is 8.36. The number of benzene rings is 2. The molecule has 1 amide bonds. The number of carbonyl (C=O) groups is 1. The minimum absolute atomic E-state index is 0.165. The van der Waals surface area contributed by atoms with Gasteiger partial charge in [0.2, 0.25) is 0 Å². The fourth-order valence-electron chi connectivity index (χ4n) is 2.35. The van der Waals surface area contributed by atoms with Gasteiger partial charge in [0.15, 0.2) is 0 Å². The molecule has 0 fully saturated rings. The Kier molecular flexibility index (Phi) is 5.13. The number of aromatic nitrogens is 2. The molecule has 4 nitrogen and oxygen atoms in total. The van der Waals surface area contributed by atoms with Crippen LogP contribution in [0.5, 0.6) is 0 Å². The molecule has 0 radical (unpaired) electrons. The Morgan fingerprint density at radius 2 is 1.88 bits per heavy atom. The van der Waals surface area contributed by atoms with Gasteiger partial charge in [-0.15, -0.1) is 0 Å². The molecule has 0 unspecified atom stereocenters. The lowest BCUT2D eigenvalue weighted by Gasteiger charge is -2.08. The van der Waals surface area contributed by atoms with Gasteiger partial charge >= 0.3 is 6.18 Å². The van der Waals surface area contributed by atoms with Gasteiger partial charge in [0, 0.05) is 16.2 Å². The monoisotopic (exact) mass is 423 g/mol. The quantitative estimate of drug-likeness (QED) is 0.644. The second-order valence-electron chi connectivity index (χ2n) is 5.59. The van der Waals surface area contributed by atoms with Crippen molar-refractivity contribution < 1.29 is 18.0 Å². The molecule has 1 heterocycles. The van der Waals surface area contributed by atoms with Crippen LogP contribution >= 0.6 is 15.9 Å². The highest BCUT2D eigenvalue weighted by molar-refractivity contribution is 9.10. The predicted molar refractivity (Wildman–Crippen MR) is 94.9 cm³/mol. The molecule has 0 spiro atoms. The molecule has 3 aromatic rings. The van der Waals surface area contributed by atoms with Crippen LogP contribution in [0.4, 0.5) is 18.9 Å². The van der Waals surface area contributed by atoms with E-state index in [0.29, 0.717) is 16.8 Å². The minimum atomic E-state index is -4.38. The van der Waals surface area contributed by atoms with Crippen LogP contribution in [-0.2, 0) is 12.7 Å². The third kappa shape index (κ3) is 4.51. The van der Waals surface area contributed by atoms with Crippen molar-refractivity contribution in [1.29, 1.82) is 0 Å². The average molecular weight is 424 g/mol. The number of hydrogen-bond acceptors (Lipinski definition) is 2. The Bertz CT molecular complexity index is 920. The number of carbonyl (C=O) groups excluding carboxylic acids is 1. The Morgan fingerprint density at radius 3 is 2.58 bits per heavy atom. The molecule has 8 heteroatoms. The van der Waals surface area contributed by atoms with E-state index in [9.17, 15) is 18.0 Å². The van der Waals surface area contributed by atoms with Gasteiger partial charge in [0.1, 0.15) is 0 Å². The van der Waals surface area contributed by atoms with Crippen LogP contribution in [0, 0.1) is 0 Å². The van der Waals surface area contributed by atoms with Crippen molar-refractivity contribution in [3.05, 3.63) is 82.1 Å². The van der Waals surface area contributed by atoms with Crippen LogP contribution in [0.3, 0.4) is 0 Å². The summed E-state index contributed by atoms with van der Waals surface area (Å²) >= 11 is 3.30. The summed E-state index contributed by atoms with van der Waals surface area (Å²) in [7, 11) is 0. The van der Waals surface area contributed by atoms with Gasteiger partial charge in [-0.2, -0.15) is 18.3 Å². The summed E-state index contributed by atoms with van der Waals surface area (Å²) in [4.78, 5) is 12.2. The maximum absolute atomic E-state index is 12.8. The molecular weight excluding hydrogens is 411 g/mol. The number of nitrogens with zero attached hydrogens (tertiary/aromatic N) is 2. The first kappa shape index (κ1) is 18.2. The molecular formula is C18H13BrF3N3O. The molecule has 0 aliphatic heterocycles. The highest BCUT2D eigenvalue weighted by atomic mass is 79.9. The van der Waals surface area contributed by atoms with E-state index in [2.05, 4.69) is 26.3 Å². The Balaban J connectivity index is 1.68. The van der Waals surface area contributed by atoms with Crippen molar-refractivity contribution in [3.8, 4) is 0 Å². The fraction of sp³-hybridized carbons (Fsp3) is 0.111. The number of alkyl halides is 3. The third-order valence-electron chi connectivity index (χ3n) is 3.60.